The molecule has 0 saturated carbocycles. The van der Waals surface area contributed by atoms with Gasteiger partial charge in [0.1, 0.15) is 0 Å². The first kappa shape index (κ1) is 19.0. The summed E-state index contributed by atoms with van der Waals surface area (Å²) in [6.45, 7) is 3.59. The van der Waals surface area contributed by atoms with E-state index in [1.165, 1.54) is 4.31 Å². The maximum Gasteiger partial charge on any atom is 0.243 e. The van der Waals surface area contributed by atoms with Gasteiger partial charge < -0.3 is 4.52 Å². The number of aromatic nitrogens is 1. The zero-order valence-corrected chi connectivity index (χ0v) is 16.6. The fraction of sp³-hybridized carbons (Fsp3) is 0.375. The minimum atomic E-state index is -3.51. The zero-order chi connectivity index (χ0) is 18.7. The molecule has 1 aromatic carbocycles. The third-order valence-corrected chi connectivity index (χ3v) is 6.48. The fourth-order valence-corrected chi connectivity index (χ4v) is 4.37. The third kappa shape index (κ3) is 4.50. The van der Waals surface area contributed by atoms with Crippen LogP contribution in [0.2, 0.25) is 0 Å². The van der Waals surface area contributed by atoms with Gasteiger partial charge in [-0.25, -0.2) is 8.42 Å². The number of anilines is 1. The highest BCUT2D eigenvalue weighted by Crippen LogP contribution is 2.20. The maximum atomic E-state index is 12.7. The molecule has 1 aromatic heterocycles. The summed E-state index contributed by atoms with van der Waals surface area (Å²) in [7, 11) is -3.51. The van der Waals surface area contributed by atoms with E-state index in [1.54, 1.807) is 37.3 Å². The first-order valence-electron chi connectivity index (χ1n) is 8.06. The molecule has 0 unspecified atom stereocenters. The Bertz CT molecular complexity index is 874. The van der Waals surface area contributed by atoms with Crippen LogP contribution in [0.3, 0.4) is 0 Å². The molecular weight excluding hydrogens is 424 g/mol. The molecule has 0 spiro atoms. The molecule has 10 heteroatoms. The van der Waals surface area contributed by atoms with Crippen LogP contribution in [0.5, 0.6) is 0 Å². The van der Waals surface area contributed by atoms with Gasteiger partial charge in [-0.3, -0.25) is 15.0 Å². The smallest absolute Gasteiger partial charge is 0.243 e. The second-order valence-electron chi connectivity index (χ2n) is 6.01. The molecule has 1 aliphatic rings. The van der Waals surface area contributed by atoms with Crippen molar-refractivity contribution in [1.29, 1.82) is 0 Å². The van der Waals surface area contributed by atoms with Crippen LogP contribution in [-0.4, -0.2) is 61.4 Å². The number of rotatable bonds is 5. The highest BCUT2D eigenvalue weighted by molar-refractivity contribution is 9.10. The highest BCUT2D eigenvalue weighted by Gasteiger charge is 2.29. The number of nitrogens with one attached hydrogen (secondary N) is 1. The molecule has 2 aromatic rings. The summed E-state index contributed by atoms with van der Waals surface area (Å²) in [4.78, 5) is 14.2. The van der Waals surface area contributed by atoms with Gasteiger partial charge in [0.15, 0.2) is 0 Å². The van der Waals surface area contributed by atoms with E-state index in [0.29, 0.717) is 37.8 Å². The van der Waals surface area contributed by atoms with Gasteiger partial charge in [0.05, 0.1) is 17.1 Å². The molecule has 1 saturated heterocycles. The van der Waals surface area contributed by atoms with Crippen LogP contribution in [0.25, 0.3) is 0 Å². The van der Waals surface area contributed by atoms with E-state index in [1.807, 2.05) is 4.90 Å². The number of aryl methyl sites for hydroxylation is 1. The molecule has 1 amide bonds. The second kappa shape index (κ2) is 7.87. The summed E-state index contributed by atoms with van der Waals surface area (Å²) >= 11 is 3.30. The molecule has 0 atom stereocenters. The molecule has 1 aliphatic heterocycles. The summed E-state index contributed by atoms with van der Waals surface area (Å²) in [6, 6.07) is 8.22. The van der Waals surface area contributed by atoms with Crippen molar-refractivity contribution in [3.8, 4) is 0 Å². The molecule has 0 aliphatic carbocycles. The Hall–Kier alpha value is -1.75. The monoisotopic (exact) mass is 442 g/mol. The minimum Gasteiger partial charge on any atom is -0.338 e. The van der Waals surface area contributed by atoms with E-state index in [0.717, 1.165) is 4.47 Å². The number of piperazine rings is 1. The maximum absolute atomic E-state index is 12.7. The first-order chi connectivity index (χ1) is 12.3. The number of carbonyl (C=O) groups is 1. The topological polar surface area (TPSA) is 95.8 Å². The molecule has 26 heavy (non-hydrogen) atoms. The lowest BCUT2D eigenvalue weighted by Gasteiger charge is -2.33. The minimum absolute atomic E-state index is 0.173. The first-order valence-corrected chi connectivity index (χ1v) is 10.3. The average molecular weight is 443 g/mol. The fourth-order valence-electron chi connectivity index (χ4n) is 2.69. The molecule has 2 heterocycles. The van der Waals surface area contributed by atoms with E-state index < -0.39 is 10.0 Å². The number of sulfonamides is 1. The van der Waals surface area contributed by atoms with Crippen LogP contribution in [-0.2, 0) is 14.8 Å². The van der Waals surface area contributed by atoms with E-state index in [2.05, 4.69) is 26.4 Å². The summed E-state index contributed by atoms with van der Waals surface area (Å²) in [5.41, 5.74) is 0.687. The molecular formula is C16H19BrN4O4S. The number of hydrogen-bond donors (Lipinski definition) is 1. The summed E-state index contributed by atoms with van der Waals surface area (Å²) in [5, 5.41) is 6.34. The Kier molecular flexibility index (Phi) is 5.76. The Morgan fingerprint density at radius 3 is 2.46 bits per heavy atom. The molecule has 0 bridgehead atoms. The Balaban J connectivity index is 1.53. The van der Waals surface area contributed by atoms with Crippen molar-refractivity contribution in [2.24, 2.45) is 0 Å². The summed E-state index contributed by atoms with van der Waals surface area (Å²) < 4.78 is 32.6. The lowest BCUT2D eigenvalue weighted by atomic mass is 10.3. The quantitative estimate of drug-likeness (QED) is 0.756. The number of carbonyl (C=O) groups excluding carboxylic acids is 1. The van der Waals surface area contributed by atoms with E-state index in [4.69, 9.17) is 4.52 Å². The Labute approximate surface area is 160 Å². The van der Waals surface area contributed by atoms with Gasteiger partial charge in [0.2, 0.25) is 21.8 Å². The van der Waals surface area contributed by atoms with Crippen molar-refractivity contribution in [3.05, 3.63) is 40.5 Å². The van der Waals surface area contributed by atoms with Crippen molar-refractivity contribution < 1.29 is 17.7 Å². The number of halogens is 1. The third-order valence-electron chi connectivity index (χ3n) is 4.04. The van der Waals surface area contributed by atoms with Crippen LogP contribution in [0.4, 0.5) is 5.88 Å². The highest BCUT2D eigenvalue weighted by atomic mass is 79.9. The van der Waals surface area contributed by atoms with E-state index in [9.17, 15) is 13.2 Å². The van der Waals surface area contributed by atoms with Crippen LogP contribution in [0.1, 0.15) is 5.69 Å². The van der Waals surface area contributed by atoms with Crippen molar-refractivity contribution in [3.63, 3.8) is 0 Å². The predicted molar refractivity (Wildman–Crippen MR) is 99.2 cm³/mol. The average Bonchev–Trinajstić information content (AvgIpc) is 3.00. The predicted octanol–water partition coefficient (Wildman–Crippen LogP) is 1.69. The van der Waals surface area contributed by atoms with E-state index in [-0.39, 0.29) is 17.3 Å². The van der Waals surface area contributed by atoms with E-state index >= 15 is 0 Å². The van der Waals surface area contributed by atoms with Gasteiger partial charge in [-0.05, 0) is 31.2 Å². The lowest BCUT2D eigenvalue weighted by molar-refractivity contribution is -0.117. The molecule has 1 fully saturated rings. The van der Waals surface area contributed by atoms with Crippen molar-refractivity contribution >= 4 is 37.7 Å². The molecule has 0 radical (unpaired) electrons. The Morgan fingerprint density at radius 1 is 1.23 bits per heavy atom. The zero-order valence-electron chi connectivity index (χ0n) is 14.2. The molecule has 1 N–H and O–H groups in total. The van der Waals surface area contributed by atoms with Crippen LogP contribution >= 0.6 is 15.9 Å². The summed E-state index contributed by atoms with van der Waals surface area (Å²) in [5.74, 6) is 0.0920. The largest absolute Gasteiger partial charge is 0.338 e. The lowest BCUT2D eigenvalue weighted by Crippen LogP contribution is -2.50. The SMILES string of the molecule is Cc1cc(NC(=O)CN2CCN(S(=O)(=O)c3ccc(Br)cc3)CC2)on1. The number of benzene rings is 1. The van der Waals surface area contributed by atoms with Gasteiger partial charge in [-0.2, -0.15) is 4.31 Å². The van der Waals surface area contributed by atoms with Gasteiger partial charge in [0, 0.05) is 36.7 Å². The normalized spacial score (nSPS) is 16.5. The molecule has 140 valence electrons. The molecule has 3 rings (SSSR count). The number of hydrogen-bond acceptors (Lipinski definition) is 6. The second-order valence-corrected chi connectivity index (χ2v) is 8.87. The van der Waals surface area contributed by atoms with Crippen molar-refractivity contribution in [2.75, 3.05) is 38.0 Å². The molecule has 8 nitrogen and oxygen atoms in total. The van der Waals surface area contributed by atoms with Crippen molar-refractivity contribution in [1.82, 2.24) is 14.4 Å². The van der Waals surface area contributed by atoms with Crippen LogP contribution < -0.4 is 5.32 Å². The number of nitrogens with zero attached hydrogens (tertiary/aromatic N) is 3. The Morgan fingerprint density at radius 2 is 1.88 bits per heavy atom. The number of amides is 1. The van der Waals surface area contributed by atoms with Gasteiger partial charge >= 0.3 is 0 Å². The standard InChI is InChI=1S/C16H19BrN4O4S/c1-12-10-16(25-19-12)18-15(22)11-20-6-8-21(9-7-20)26(23,24)14-4-2-13(17)3-5-14/h2-5,10H,6-9,11H2,1H3,(H,18,22). The van der Waals surface area contributed by atoms with Gasteiger partial charge in [-0.1, -0.05) is 21.1 Å². The van der Waals surface area contributed by atoms with Crippen LogP contribution in [0.15, 0.2) is 44.2 Å². The van der Waals surface area contributed by atoms with Gasteiger partial charge in [-0.15, -0.1) is 0 Å². The van der Waals surface area contributed by atoms with Gasteiger partial charge in [0.25, 0.3) is 0 Å². The summed E-state index contributed by atoms with van der Waals surface area (Å²) in [6.07, 6.45) is 0. The van der Waals surface area contributed by atoms with Crippen LogP contribution in [0, 0.1) is 6.92 Å². The van der Waals surface area contributed by atoms with Crippen molar-refractivity contribution in [2.45, 2.75) is 11.8 Å².